The molecule has 0 radical (unpaired) electrons. The van der Waals surface area contributed by atoms with Crippen molar-refractivity contribution in [1.82, 2.24) is 14.9 Å². The Morgan fingerprint density at radius 2 is 2.33 bits per heavy atom. The number of amides is 1. The number of carbonyl (C=O) groups is 2. The molecule has 6 nitrogen and oxygen atoms in total. The van der Waals surface area contributed by atoms with Gasteiger partial charge in [-0.2, -0.15) is 11.8 Å². The first-order valence-electron chi connectivity index (χ1n) is 7.26. The van der Waals surface area contributed by atoms with Crippen LogP contribution in [0, 0.1) is 0 Å². The summed E-state index contributed by atoms with van der Waals surface area (Å²) in [5.74, 6) is 1.05. The van der Waals surface area contributed by atoms with Crippen molar-refractivity contribution in [2.75, 3.05) is 11.5 Å². The van der Waals surface area contributed by atoms with E-state index in [1.165, 1.54) is 0 Å². The number of thioether (sulfide) groups is 1. The van der Waals surface area contributed by atoms with Crippen molar-refractivity contribution in [3.8, 4) is 0 Å². The third-order valence-corrected chi connectivity index (χ3v) is 5.30. The second-order valence-corrected chi connectivity index (χ2v) is 6.82. The van der Waals surface area contributed by atoms with Crippen molar-refractivity contribution in [2.45, 2.75) is 44.2 Å². The quantitative estimate of drug-likeness (QED) is 0.861. The number of aryl methyl sites for hydroxylation is 2. The van der Waals surface area contributed by atoms with Crippen LogP contribution in [0.2, 0.25) is 0 Å². The molecule has 1 saturated heterocycles. The Morgan fingerprint density at radius 3 is 3.00 bits per heavy atom. The summed E-state index contributed by atoms with van der Waals surface area (Å²) in [4.78, 5) is 28.1. The Bertz CT molecular complexity index is 540. The smallest absolute Gasteiger partial charge is 0.330 e. The lowest BCUT2D eigenvalue weighted by atomic mass is 9.99. The van der Waals surface area contributed by atoms with E-state index in [1.807, 2.05) is 6.20 Å². The maximum absolute atomic E-state index is 12.2. The predicted molar refractivity (Wildman–Crippen MR) is 79.3 cm³/mol. The number of carboxylic acid groups (broad SMARTS) is 1. The summed E-state index contributed by atoms with van der Waals surface area (Å²) in [5, 5.41) is 12.1. The monoisotopic (exact) mass is 309 g/mol. The molecule has 1 unspecified atom stereocenters. The van der Waals surface area contributed by atoms with E-state index < -0.39 is 11.5 Å². The standard InChI is InChI=1S/C14H19N3O3S/c18-12(16-14(13(19)20)4-6-21-9-14)7-10-8-17-5-2-1-3-11(17)15-10/h8H,1-7,9H2,(H,16,18)(H,19,20). The number of nitrogens with one attached hydrogen (secondary N) is 1. The first kappa shape index (κ1) is 14.4. The van der Waals surface area contributed by atoms with Gasteiger partial charge in [0.05, 0.1) is 12.1 Å². The van der Waals surface area contributed by atoms with Gasteiger partial charge in [-0.1, -0.05) is 0 Å². The fraction of sp³-hybridized carbons (Fsp3) is 0.643. The molecule has 1 atom stereocenters. The highest BCUT2D eigenvalue weighted by Crippen LogP contribution is 2.28. The molecule has 21 heavy (non-hydrogen) atoms. The van der Waals surface area contributed by atoms with Crippen molar-refractivity contribution in [3.63, 3.8) is 0 Å². The van der Waals surface area contributed by atoms with Crippen LogP contribution in [0.15, 0.2) is 6.20 Å². The maximum Gasteiger partial charge on any atom is 0.330 e. The third-order valence-electron chi connectivity index (χ3n) is 4.11. The lowest BCUT2D eigenvalue weighted by Crippen LogP contribution is -2.55. The average molecular weight is 309 g/mol. The summed E-state index contributed by atoms with van der Waals surface area (Å²) < 4.78 is 2.10. The van der Waals surface area contributed by atoms with Crippen LogP contribution in [-0.4, -0.2) is 43.6 Å². The molecule has 114 valence electrons. The minimum Gasteiger partial charge on any atom is -0.479 e. The summed E-state index contributed by atoms with van der Waals surface area (Å²) in [6.45, 7) is 0.958. The van der Waals surface area contributed by atoms with Crippen LogP contribution in [-0.2, 0) is 29.0 Å². The fourth-order valence-corrected chi connectivity index (χ4v) is 4.24. The Kier molecular flexibility index (Phi) is 3.93. The van der Waals surface area contributed by atoms with Crippen LogP contribution in [0.25, 0.3) is 0 Å². The van der Waals surface area contributed by atoms with E-state index in [1.54, 1.807) is 11.8 Å². The van der Waals surface area contributed by atoms with E-state index >= 15 is 0 Å². The van der Waals surface area contributed by atoms with Crippen LogP contribution in [0.4, 0.5) is 0 Å². The van der Waals surface area contributed by atoms with Crippen LogP contribution in [0.1, 0.15) is 30.8 Å². The minimum atomic E-state index is -1.10. The lowest BCUT2D eigenvalue weighted by Gasteiger charge is -2.24. The van der Waals surface area contributed by atoms with Gasteiger partial charge in [0.2, 0.25) is 5.91 Å². The van der Waals surface area contributed by atoms with E-state index in [0.717, 1.165) is 43.1 Å². The van der Waals surface area contributed by atoms with Gasteiger partial charge in [-0.3, -0.25) is 4.79 Å². The van der Waals surface area contributed by atoms with Crippen molar-refractivity contribution in [1.29, 1.82) is 0 Å². The Labute approximate surface area is 127 Å². The van der Waals surface area contributed by atoms with Crippen LogP contribution < -0.4 is 5.32 Å². The number of hydrogen-bond acceptors (Lipinski definition) is 4. The summed E-state index contributed by atoms with van der Waals surface area (Å²) in [6, 6.07) is 0. The van der Waals surface area contributed by atoms with E-state index in [0.29, 0.717) is 12.2 Å². The summed E-state index contributed by atoms with van der Waals surface area (Å²) in [6.07, 6.45) is 5.80. The number of carbonyl (C=O) groups excluding carboxylic acids is 1. The van der Waals surface area contributed by atoms with Crippen LogP contribution in [0.5, 0.6) is 0 Å². The lowest BCUT2D eigenvalue weighted by molar-refractivity contribution is -0.146. The predicted octanol–water partition coefficient (Wildman–Crippen LogP) is 0.838. The molecule has 0 spiro atoms. The largest absolute Gasteiger partial charge is 0.479 e. The number of fused-ring (bicyclic) bond motifs is 1. The van der Waals surface area contributed by atoms with Gasteiger partial charge < -0.3 is 15.0 Å². The zero-order valence-corrected chi connectivity index (χ0v) is 12.6. The minimum absolute atomic E-state index is 0.152. The molecular weight excluding hydrogens is 290 g/mol. The molecule has 7 heteroatoms. The number of nitrogens with zero attached hydrogens (tertiary/aromatic N) is 2. The summed E-state index contributed by atoms with van der Waals surface area (Å²) in [5.41, 5.74) is -0.364. The Morgan fingerprint density at radius 1 is 1.48 bits per heavy atom. The van der Waals surface area contributed by atoms with Gasteiger partial charge in [0.1, 0.15) is 11.4 Å². The molecule has 1 aromatic rings. The number of imidazole rings is 1. The third kappa shape index (κ3) is 2.92. The fourth-order valence-electron chi connectivity index (χ4n) is 2.92. The number of aliphatic carboxylic acids is 1. The van der Waals surface area contributed by atoms with Crippen LogP contribution in [0.3, 0.4) is 0 Å². The highest BCUT2D eigenvalue weighted by atomic mass is 32.2. The Hall–Kier alpha value is -1.50. The van der Waals surface area contributed by atoms with Gasteiger partial charge in [0.15, 0.2) is 0 Å². The average Bonchev–Trinajstić information content (AvgIpc) is 3.05. The van der Waals surface area contributed by atoms with Crippen molar-refractivity contribution >= 4 is 23.6 Å². The van der Waals surface area contributed by atoms with Crippen LogP contribution >= 0.6 is 11.8 Å². The van der Waals surface area contributed by atoms with Gasteiger partial charge >= 0.3 is 5.97 Å². The van der Waals surface area contributed by atoms with Gasteiger partial charge in [0, 0.05) is 24.9 Å². The highest BCUT2D eigenvalue weighted by molar-refractivity contribution is 7.99. The molecule has 1 fully saturated rings. The molecule has 1 amide bonds. The van der Waals surface area contributed by atoms with Gasteiger partial charge in [0.25, 0.3) is 0 Å². The number of aromatic nitrogens is 2. The van der Waals surface area contributed by atoms with Crippen molar-refractivity contribution in [3.05, 3.63) is 17.7 Å². The molecule has 0 saturated carbocycles. The second-order valence-electron chi connectivity index (χ2n) is 5.71. The van der Waals surface area contributed by atoms with Gasteiger partial charge in [-0.25, -0.2) is 9.78 Å². The molecule has 0 bridgehead atoms. The number of carboxylic acids is 1. The first-order valence-corrected chi connectivity index (χ1v) is 8.42. The SMILES string of the molecule is O=C(Cc1cn2c(n1)CCCC2)NC1(C(=O)O)CCSC1. The molecule has 2 aliphatic heterocycles. The zero-order valence-electron chi connectivity index (χ0n) is 11.8. The molecule has 2 N–H and O–H groups in total. The summed E-state index contributed by atoms with van der Waals surface area (Å²) in [7, 11) is 0. The Balaban J connectivity index is 1.66. The van der Waals surface area contributed by atoms with Gasteiger partial charge in [-0.05, 0) is 25.0 Å². The second kappa shape index (κ2) is 5.71. The molecule has 2 aliphatic rings. The molecule has 0 aliphatic carbocycles. The van der Waals surface area contributed by atoms with Crippen molar-refractivity contribution in [2.24, 2.45) is 0 Å². The maximum atomic E-state index is 12.2. The molecule has 1 aromatic heterocycles. The van der Waals surface area contributed by atoms with E-state index in [-0.39, 0.29) is 12.3 Å². The van der Waals surface area contributed by atoms with E-state index in [4.69, 9.17) is 0 Å². The normalized spacial score (nSPS) is 24.6. The van der Waals surface area contributed by atoms with E-state index in [2.05, 4.69) is 14.9 Å². The molecular formula is C14H19N3O3S. The zero-order chi connectivity index (χ0) is 14.9. The van der Waals surface area contributed by atoms with E-state index in [9.17, 15) is 14.7 Å². The molecule has 3 rings (SSSR count). The number of hydrogen-bond donors (Lipinski definition) is 2. The summed E-state index contributed by atoms with van der Waals surface area (Å²) >= 11 is 1.56. The van der Waals surface area contributed by atoms with Crippen molar-refractivity contribution < 1.29 is 14.7 Å². The first-order chi connectivity index (χ1) is 10.1. The van der Waals surface area contributed by atoms with Gasteiger partial charge in [-0.15, -0.1) is 0 Å². The molecule has 3 heterocycles. The number of rotatable bonds is 4. The topological polar surface area (TPSA) is 84.2 Å². The molecule has 0 aromatic carbocycles. The highest BCUT2D eigenvalue weighted by Gasteiger charge is 2.43.